The highest BCUT2D eigenvalue weighted by Gasteiger charge is 2.12. The average Bonchev–Trinajstić information content (AvgIpc) is 2.66. The number of hydrogen-bond acceptors (Lipinski definition) is 4. The SMILES string of the molecule is C#CC(C)(C)NCCn1cc(C(=O)O)nn1. The second-order valence-corrected chi connectivity index (χ2v) is 3.87. The average molecular weight is 222 g/mol. The Labute approximate surface area is 93.7 Å². The number of nitrogens with one attached hydrogen (secondary N) is 1. The highest BCUT2D eigenvalue weighted by Crippen LogP contribution is 1.98. The van der Waals surface area contributed by atoms with Crippen molar-refractivity contribution in [1.29, 1.82) is 0 Å². The van der Waals surface area contributed by atoms with Gasteiger partial charge in [0.25, 0.3) is 0 Å². The van der Waals surface area contributed by atoms with Crippen molar-refractivity contribution in [2.75, 3.05) is 6.54 Å². The molecule has 0 aliphatic carbocycles. The fraction of sp³-hybridized carbons (Fsp3) is 0.500. The van der Waals surface area contributed by atoms with Crippen molar-refractivity contribution < 1.29 is 9.90 Å². The summed E-state index contributed by atoms with van der Waals surface area (Å²) < 4.78 is 1.46. The second kappa shape index (κ2) is 4.77. The van der Waals surface area contributed by atoms with Gasteiger partial charge in [-0.05, 0) is 13.8 Å². The fourth-order valence-corrected chi connectivity index (χ4v) is 1.04. The van der Waals surface area contributed by atoms with E-state index in [9.17, 15) is 4.79 Å². The minimum atomic E-state index is -1.08. The number of aromatic carboxylic acids is 1. The molecule has 0 aromatic carbocycles. The van der Waals surface area contributed by atoms with E-state index in [2.05, 4.69) is 21.5 Å². The summed E-state index contributed by atoms with van der Waals surface area (Å²) in [5.74, 6) is 1.52. The summed E-state index contributed by atoms with van der Waals surface area (Å²) in [6.45, 7) is 4.89. The molecule has 6 heteroatoms. The zero-order valence-corrected chi connectivity index (χ0v) is 9.27. The van der Waals surface area contributed by atoms with Gasteiger partial charge in [-0.3, -0.25) is 10.00 Å². The van der Waals surface area contributed by atoms with Crippen LogP contribution in [-0.2, 0) is 6.54 Å². The highest BCUT2D eigenvalue weighted by atomic mass is 16.4. The molecule has 0 atom stereocenters. The minimum Gasteiger partial charge on any atom is -0.476 e. The molecule has 1 aromatic rings. The monoisotopic (exact) mass is 222 g/mol. The van der Waals surface area contributed by atoms with Gasteiger partial charge in [0.05, 0.1) is 18.3 Å². The predicted molar refractivity (Wildman–Crippen MR) is 57.9 cm³/mol. The number of carboxylic acids is 1. The smallest absolute Gasteiger partial charge is 0.358 e. The Morgan fingerprint density at radius 3 is 2.94 bits per heavy atom. The molecule has 2 N–H and O–H groups in total. The molecule has 0 unspecified atom stereocenters. The topological polar surface area (TPSA) is 80.0 Å². The van der Waals surface area contributed by atoms with E-state index in [4.69, 9.17) is 11.5 Å². The van der Waals surface area contributed by atoms with Gasteiger partial charge in [0.2, 0.25) is 0 Å². The summed E-state index contributed by atoms with van der Waals surface area (Å²) in [5, 5.41) is 18.9. The molecule has 0 spiro atoms. The van der Waals surface area contributed by atoms with Gasteiger partial charge in [0, 0.05) is 6.54 Å². The van der Waals surface area contributed by atoms with Crippen molar-refractivity contribution in [3.63, 3.8) is 0 Å². The van der Waals surface area contributed by atoms with E-state index >= 15 is 0 Å². The van der Waals surface area contributed by atoms with Crippen LogP contribution in [-0.4, -0.2) is 38.2 Å². The quantitative estimate of drug-likeness (QED) is 0.684. The van der Waals surface area contributed by atoms with Crippen LogP contribution in [0.25, 0.3) is 0 Å². The maximum Gasteiger partial charge on any atom is 0.358 e. The van der Waals surface area contributed by atoms with Crippen molar-refractivity contribution in [1.82, 2.24) is 20.3 Å². The predicted octanol–water partition coefficient (Wildman–Crippen LogP) is -0.0223. The maximum atomic E-state index is 10.5. The van der Waals surface area contributed by atoms with E-state index in [1.54, 1.807) is 0 Å². The first kappa shape index (κ1) is 12.2. The van der Waals surface area contributed by atoms with Crippen LogP contribution in [0.5, 0.6) is 0 Å². The molecule has 0 radical (unpaired) electrons. The zero-order chi connectivity index (χ0) is 12.2. The van der Waals surface area contributed by atoms with Gasteiger partial charge in [-0.1, -0.05) is 11.1 Å². The summed E-state index contributed by atoms with van der Waals surface area (Å²) in [7, 11) is 0. The lowest BCUT2D eigenvalue weighted by Gasteiger charge is -2.19. The lowest BCUT2D eigenvalue weighted by Crippen LogP contribution is -2.39. The van der Waals surface area contributed by atoms with Gasteiger partial charge in [0.15, 0.2) is 5.69 Å². The van der Waals surface area contributed by atoms with Crippen LogP contribution in [0.4, 0.5) is 0 Å². The molecule has 0 amide bonds. The van der Waals surface area contributed by atoms with E-state index in [0.717, 1.165) is 0 Å². The van der Waals surface area contributed by atoms with E-state index < -0.39 is 5.97 Å². The van der Waals surface area contributed by atoms with Crippen LogP contribution in [0.3, 0.4) is 0 Å². The minimum absolute atomic E-state index is 0.0591. The number of aromatic nitrogens is 3. The van der Waals surface area contributed by atoms with Gasteiger partial charge >= 0.3 is 5.97 Å². The molecule has 0 saturated carbocycles. The standard InChI is InChI=1S/C10H14N4O2/c1-4-10(2,3)11-5-6-14-7-8(9(15)16)12-13-14/h1,7,11H,5-6H2,2-3H3,(H,15,16). The number of terminal acetylenes is 1. The Bertz CT molecular complexity index is 417. The van der Waals surface area contributed by atoms with Gasteiger partial charge in [-0.15, -0.1) is 11.5 Å². The molecule has 1 rings (SSSR count). The van der Waals surface area contributed by atoms with Crippen LogP contribution >= 0.6 is 0 Å². The van der Waals surface area contributed by atoms with Crippen molar-refractivity contribution in [2.45, 2.75) is 25.9 Å². The van der Waals surface area contributed by atoms with E-state index in [1.165, 1.54) is 10.9 Å². The van der Waals surface area contributed by atoms with Gasteiger partial charge in [-0.25, -0.2) is 4.79 Å². The maximum absolute atomic E-state index is 10.5. The number of carbonyl (C=O) groups is 1. The Morgan fingerprint density at radius 2 is 2.44 bits per heavy atom. The van der Waals surface area contributed by atoms with Gasteiger partial charge in [0.1, 0.15) is 0 Å². The van der Waals surface area contributed by atoms with Crippen LogP contribution < -0.4 is 5.32 Å². The molecule has 0 aliphatic rings. The number of rotatable bonds is 5. The fourth-order valence-electron chi connectivity index (χ4n) is 1.04. The molecule has 0 saturated heterocycles. The number of carboxylic acid groups (broad SMARTS) is 1. The molecular formula is C10H14N4O2. The third-order valence-corrected chi connectivity index (χ3v) is 2.03. The van der Waals surface area contributed by atoms with Crippen LogP contribution in [0.15, 0.2) is 6.20 Å². The van der Waals surface area contributed by atoms with Crippen LogP contribution in [0, 0.1) is 12.3 Å². The van der Waals surface area contributed by atoms with Crippen molar-refractivity contribution >= 4 is 5.97 Å². The summed E-state index contributed by atoms with van der Waals surface area (Å²) in [6.07, 6.45) is 6.69. The van der Waals surface area contributed by atoms with Crippen molar-refractivity contribution in [3.05, 3.63) is 11.9 Å². The number of nitrogens with zero attached hydrogens (tertiary/aromatic N) is 3. The summed E-state index contributed by atoms with van der Waals surface area (Å²) in [5.41, 5.74) is -0.438. The molecule has 16 heavy (non-hydrogen) atoms. The van der Waals surface area contributed by atoms with Gasteiger partial charge < -0.3 is 5.11 Å². The molecule has 1 heterocycles. The van der Waals surface area contributed by atoms with E-state index in [1.807, 2.05) is 13.8 Å². The van der Waals surface area contributed by atoms with Crippen molar-refractivity contribution in [3.8, 4) is 12.3 Å². The summed E-state index contributed by atoms with van der Waals surface area (Å²) >= 11 is 0. The second-order valence-electron chi connectivity index (χ2n) is 3.87. The van der Waals surface area contributed by atoms with Crippen LogP contribution in [0.2, 0.25) is 0 Å². The summed E-state index contributed by atoms with van der Waals surface area (Å²) in [4.78, 5) is 10.5. The molecule has 1 aromatic heterocycles. The van der Waals surface area contributed by atoms with E-state index in [-0.39, 0.29) is 11.2 Å². The van der Waals surface area contributed by atoms with Crippen molar-refractivity contribution in [2.24, 2.45) is 0 Å². The Hall–Kier alpha value is -1.87. The Kier molecular flexibility index (Phi) is 3.64. The number of hydrogen-bond donors (Lipinski definition) is 2. The third kappa shape index (κ3) is 3.37. The molecule has 0 aliphatic heterocycles. The molecule has 0 fully saturated rings. The summed E-state index contributed by atoms with van der Waals surface area (Å²) in [6, 6.07) is 0. The van der Waals surface area contributed by atoms with Gasteiger partial charge in [-0.2, -0.15) is 0 Å². The first-order chi connectivity index (χ1) is 7.44. The highest BCUT2D eigenvalue weighted by molar-refractivity contribution is 5.84. The molecule has 86 valence electrons. The molecular weight excluding hydrogens is 208 g/mol. The Balaban J connectivity index is 2.44. The Morgan fingerprint density at radius 1 is 1.75 bits per heavy atom. The first-order valence-electron chi connectivity index (χ1n) is 4.81. The molecule has 6 nitrogen and oxygen atoms in total. The normalized spacial score (nSPS) is 11.1. The lowest BCUT2D eigenvalue weighted by molar-refractivity contribution is 0.0690. The largest absolute Gasteiger partial charge is 0.476 e. The van der Waals surface area contributed by atoms with E-state index in [0.29, 0.717) is 13.1 Å². The van der Waals surface area contributed by atoms with Crippen LogP contribution in [0.1, 0.15) is 24.3 Å². The first-order valence-corrected chi connectivity index (χ1v) is 4.81. The lowest BCUT2D eigenvalue weighted by atomic mass is 10.1. The molecule has 0 bridgehead atoms. The zero-order valence-electron chi connectivity index (χ0n) is 9.27. The third-order valence-electron chi connectivity index (χ3n) is 2.03.